The van der Waals surface area contributed by atoms with E-state index in [0.717, 1.165) is 12.3 Å². The van der Waals surface area contributed by atoms with Crippen molar-refractivity contribution in [2.45, 2.75) is 12.8 Å². The fourth-order valence-corrected chi connectivity index (χ4v) is 3.23. The number of rotatable bonds is 7. The Morgan fingerprint density at radius 2 is 1.96 bits per heavy atom. The second-order valence-corrected chi connectivity index (χ2v) is 7.73. The fourth-order valence-electron chi connectivity index (χ4n) is 2.81. The molecular formula is C19H16F2N2O4S. The highest BCUT2D eigenvalue weighted by atomic mass is 32.2. The van der Waals surface area contributed by atoms with Crippen LogP contribution in [0.5, 0.6) is 11.5 Å². The van der Waals surface area contributed by atoms with E-state index in [1.165, 1.54) is 18.2 Å². The number of aryl methyl sites for hydroxylation is 1. The van der Waals surface area contributed by atoms with E-state index in [4.69, 9.17) is 14.2 Å². The van der Waals surface area contributed by atoms with E-state index in [-0.39, 0.29) is 30.1 Å². The first kappa shape index (κ1) is 19.8. The maximum atomic E-state index is 14.7. The third-order valence-corrected chi connectivity index (χ3v) is 4.61. The standard InChI is InChI=1S/C19H16F2N2O4S/c1-28(24,25)26-8-2-3-15-14-6-7-23-18(14)10-17(21)19(15)27-13-4-5-16(20)12(9-13)11-22/h4-7,9-10,23H,2-3,8H2,1H3. The summed E-state index contributed by atoms with van der Waals surface area (Å²) in [7, 11) is -3.57. The van der Waals surface area contributed by atoms with E-state index in [9.17, 15) is 17.2 Å². The average Bonchev–Trinajstić information content (AvgIpc) is 3.09. The van der Waals surface area contributed by atoms with E-state index >= 15 is 0 Å². The van der Waals surface area contributed by atoms with Crippen molar-refractivity contribution in [3.05, 3.63) is 59.3 Å². The third-order valence-electron chi connectivity index (χ3n) is 4.01. The predicted molar refractivity (Wildman–Crippen MR) is 98.6 cm³/mol. The highest BCUT2D eigenvalue weighted by Crippen LogP contribution is 2.35. The summed E-state index contributed by atoms with van der Waals surface area (Å²) in [6.07, 6.45) is 3.19. The smallest absolute Gasteiger partial charge is 0.264 e. The Morgan fingerprint density at radius 3 is 2.68 bits per heavy atom. The zero-order chi connectivity index (χ0) is 20.3. The second-order valence-electron chi connectivity index (χ2n) is 6.09. The quantitative estimate of drug-likeness (QED) is 0.473. The van der Waals surface area contributed by atoms with Crippen LogP contribution >= 0.6 is 0 Å². The monoisotopic (exact) mass is 406 g/mol. The lowest BCUT2D eigenvalue weighted by atomic mass is 10.0. The minimum Gasteiger partial charge on any atom is -0.454 e. The van der Waals surface area contributed by atoms with Gasteiger partial charge in [-0.1, -0.05) is 0 Å². The Labute approximate surface area is 160 Å². The van der Waals surface area contributed by atoms with Gasteiger partial charge in [0.15, 0.2) is 11.6 Å². The van der Waals surface area contributed by atoms with E-state index in [1.54, 1.807) is 18.3 Å². The van der Waals surface area contributed by atoms with Crippen LogP contribution in [-0.2, 0) is 20.7 Å². The molecule has 0 aliphatic heterocycles. The lowest BCUT2D eigenvalue weighted by Crippen LogP contribution is -2.06. The van der Waals surface area contributed by atoms with Crippen LogP contribution in [-0.4, -0.2) is 26.3 Å². The van der Waals surface area contributed by atoms with Crippen LogP contribution in [0.3, 0.4) is 0 Å². The number of halogens is 2. The van der Waals surface area contributed by atoms with E-state index in [0.29, 0.717) is 22.9 Å². The molecule has 0 unspecified atom stereocenters. The van der Waals surface area contributed by atoms with Gasteiger partial charge in [-0.15, -0.1) is 0 Å². The Morgan fingerprint density at radius 1 is 1.18 bits per heavy atom. The van der Waals surface area contributed by atoms with Gasteiger partial charge in [-0.25, -0.2) is 8.78 Å². The summed E-state index contributed by atoms with van der Waals surface area (Å²) < 4.78 is 60.8. The molecule has 0 spiro atoms. The molecule has 146 valence electrons. The van der Waals surface area contributed by atoms with Gasteiger partial charge in [0.2, 0.25) is 0 Å². The molecule has 9 heteroatoms. The van der Waals surface area contributed by atoms with E-state index in [1.807, 2.05) is 0 Å². The summed E-state index contributed by atoms with van der Waals surface area (Å²) in [5.41, 5.74) is 0.848. The number of H-pyrrole nitrogens is 1. The number of hydrogen-bond acceptors (Lipinski definition) is 5. The summed E-state index contributed by atoms with van der Waals surface area (Å²) in [5.74, 6) is -1.30. The van der Waals surface area contributed by atoms with Gasteiger partial charge in [0, 0.05) is 34.8 Å². The number of fused-ring (bicyclic) bond motifs is 1. The van der Waals surface area contributed by atoms with Gasteiger partial charge >= 0.3 is 0 Å². The van der Waals surface area contributed by atoms with Gasteiger partial charge in [-0.05, 0) is 31.0 Å². The van der Waals surface area contributed by atoms with Crippen molar-refractivity contribution in [2.24, 2.45) is 0 Å². The molecule has 0 aliphatic carbocycles. The molecule has 1 heterocycles. The van der Waals surface area contributed by atoms with Crippen molar-refractivity contribution in [1.29, 1.82) is 5.26 Å². The second kappa shape index (κ2) is 7.96. The van der Waals surface area contributed by atoms with Gasteiger partial charge in [-0.3, -0.25) is 4.18 Å². The molecule has 28 heavy (non-hydrogen) atoms. The van der Waals surface area contributed by atoms with Crippen molar-refractivity contribution in [3.8, 4) is 17.6 Å². The molecule has 1 N–H and O–H groups in total. The molecule has 0 fully saturated rings. The highest BCUT2D eigenvalue weighted by Gasteiger charge is 2.17. The molecule has 6 nitrogen and oxygen atoms in total. The SMILES string of the molecule is CS(=O)(=O)OCCCc1c(Oc2ccc(F)c(C#N)c2)c(F)cc2[nH]ccc12. The molecule has 3 rings (SSSR count). The molecule has 0 bridgehead atoms. The maximum Gasteiger partial charge on any atom is 0.264 e. The Kier molecular flexibility index (Phi) is 5.63. The first-order chi connectivity index (χ1) is 13.3. The topological polar surface area (TPSA) is 92.2 Å². The van der Waals surface area contributed by atoms with Crippen LogP contribution in [0.2, 0.25) is 0 Å². The van der Waals surface area contributed by atoms with Crippen LogP contribution in [0.15, 0.2) is 36.5 Å². The lowest BCUT2D eigenvalue weighted by Gasteiger charge is -2.14. The van der Waals surface area contributed by atoms with Crippen LogP contribution in [0, 0.1) is 23.0 Å². The number of hydrogen-bond donors (Lipinski definition) is 1. The molecule has 0 atom stereocenters. The Hall–Kier alpha value is -2.96. The summed E-state index contributed by atoms with van der Waals surface area (Å²) in [6.45, 7) is -0.0597. The molecule has 1 aromatic heterocycles. The minimum atomic E-state index is -3.57. The summed E-state index contributed by atoms with van der Waals surface area (Å²) >= 11 is 0. The number of ether oxygens (including phenoxy) is 1. The van der Waals surface area contributed by atoms with Gasteiger partial charge in [-0.2, -0.15) is 13.7 Å². The number of nitrogens with zero attached hydrogens (tertiary/aromatic N) is 1. The first-order valence-corrected chi connectivity index (χ1v) is 10.1. The Bertz CT molecular complexity index is 1170. The molecule has 0 amide bonds. The zero-order valence-electron chi connectivity index (χ0n) is 14.8. The zero-order valence-corrected chi connectivity index (χ0v) is 15.6. The highest BCUT2D eigenvalue weighted by molar-refractivity contribution is 7.85. The normalized spacial score (nSPS) is 11.5. The van der Waals surface area contributed by atoms with Gasteiger partial charge in [0.05, 0.1) is 18.4 Å². The third kappa shape index (κ3) is 4.47. The summed E-state index contributed by atoms with van der Waals surface area (Å²) in [4.78, 5) is 2.92. The fraction of sp³-hybridized carbons (Fsp3) is 0.211. The molecule has 0 saturated carbocycles. The number of benzene rings is 2. The first-order valence-electron chi connectivity index (χ1n) is 8.29. The summed E-state index contributed by atoms with van der Waals surface area (Å²) in [5, 5.41) is 9.66. The van der Waals surface area contributed by atoms with Crippen LogP contribution in [0.4, 0.5) is 8.78 Å². The molecule has 2 aromatic carbocycles. The average molecular weight is 406 g/mol. The number of aromatic nitrogens is 1. The summed E-state index contributed by atoms with van der Waals surface area (Å²) in [6, 6.07) is 8.28. The number of aromatic amines is 1. The van der Waals surface area contributed by atoms with E-state index in [2.05, 4.69) is 4.98 Å². The van der Waals surface area contributed by atoms with Crippen LogP contribution in [0.1, 0.15) is 17.5 Å². The van der Waals surface area contributed by atoms with Crippen molar-refractivity contribution in [1.82, 2.24) is 4.98 Å². The van der Waals surface area contributed by atoms with E-state index < -0.39 is 21.8 Å². The molecular weight excluding hydrogens is 390 g/mol. The lowest BCUT2D eigenvalue weighted by molar-refractivity contribution is 0.315. The number of nitrogens with one attached hydrogen (secondary N) is 1. The van der Waals surface area contributed by atoms with Gasteiger partial charge < -0.3 is 9.72 Å². The predicted octanol–water partition coefficient (Wildman–Crippen LogP) is 4.02. The molecule has 3 aromatic rings. The molecule has 0 radical (unpaired) electrons. The van der Waals surface area contributed by atoms with Gasteiger partial charge in [0.25, 0.3) is 10.1 Å². The largest absolute Gasteiger partial charge is 0.454 e. The number of nitriles is 1. The molecule has 0 aliphatic rings. The van der Waals surface area contributed by atoms with Crippen LogP contribution < -0.4 is 4.74 Å². The van der Waals surface area contributed by atoms with Crippen molar-refractivity contribution in [2.75, 3.05) is 12.9 Å². The van der Waals surface area contributed by atoms with Crippen LogP contribution in [0.25, 0.3) is 10.9 Å². The minimum absolute atomic E-state index is 0.0597. The van der Waals surface area contributed by atoms with Crippen molar-refractivity contribution in [3.63, 3.8) is 0 Å². The molecule has 0 saturated heterocycles. The maximum absolute atomic E-state index is 14.7. The van der Waals surface area contributed by atoms with Crippen molar-refractivity contribution >= 4 is 21.0 Å². The van der Waals surface area contributed by atoms with Crippen molar-refractivity contribution < 1.29 is 26.1 Å². The van der Waals surface area contributed by atoms with Gasteiger partial charge in [0.1, 0.15) is 17.6 Å². The Balaban J connectivity index is 1.94.